The Bertz CT molecular complexity index is 1590. The molecule has 0 radical (unpaired) electrons. The number of aryl methyl sites for hydroxylation is 3. The number of rotatable bonds is 5. The van der Waals surface area contributed by atoms with Gasteiger partial charge in [-0.15, -0.1) is 0 Å². The van der Waals surface area contributed by atoms with Crippen LogP contribution in [0.2, 0.25) is 0 Å². The lowest BCUT2D eigenvalue weighted by Crippen LogP contribution is -2.16. The normalized spacial score (nSPS) is 11.3. The van der Waals surface area contributed by atoms with Crippen molar-refractivity contribution in [1.29, 1.82) is 0 Å². The van der Waals surface area contributed by atoms with E-state index in [2.05, 4.69) is 5.32 Å². The molecule has 2 heterocycles. The Morgan fingerprint density at radius 1 is 0.941 bits per heavy atom. The number of para-hydroxylation sites is 1. The van der Waals surface area contributed by atoms with Crippen LogP contribution in [0.4, 0.5) is 10.1 Å². The summed E-state index contributed by atoms with van der Waals surface area (Å²) in [5.74, 6) is -1.35. The third-order valence-electron chi connectivity index (χ3n) is 6.19. The molecule has 5 rings (SSSR count). The van der Waals surface area contributed by atoms with Crippen molar-refractivity contribution in [3.05, 3.63) is 100 Å². The zero-order chi connectivity index (χ0) is 24.0. The van der Waals surface area contributed by atoms with Gasteiger partial charge in [-0.2, -0.15) is 0 Å². The van der Waals surface area contributed by atoms with Crippen LogP contribution in [0.25, 0.3) is 21.9 Å². The van der Waals surface area contributed by atoms with Crippen LogP contribution in [0.3, 0.4) is 0 Å². The number of hydrogen-bond acceptors (Lipinski definition) is 4. The number of nitrogens with one attached hydrogen (secondary N) is 1. The summed E-state index contributed by atoms with van der Waals surface area (Å²) in [7, 11) is 0. The molecular formula is C28H22FNO4. The third kappa shape index (κ3) is 3.67. The van der Waals surface area contributed by atoms with Gasteiger partial charge in [-0.3, -0.25) is 9.59 Å². The lowest BCUT2D eigenvalue weighted by molar-refractivity contribution is -0.115. The highest BCUT2D eigenvalue weighted by atomic mass is 19.1. The fourth-order valence-corrected chi connectivity index (χ4v) is 4.08. The number of fused-ring (bicyclic) bond motifs is 2. The van der Waals surface area contributed by atoms with Gasteiger partial charge in [-0.05, 0) is 55.7 Å². The molecule has 34 heavy (non-hydrogen) atoms. The van der Waals surface area contributed by atoms with E-state index in [1.54, 1.807) is 43.5 Å². The second kappa shape index (κ2) is 8.30. The fraction of sp³-hybridized carbons (Fsp3) is 0.143. The van der Waals surface area contributed by atoms with Crippen LogP contribution in [0, 0.1) is 26.6 Å². The summed E-state index contributed by atoms with van der Waals surface area (Å²) in [6.45, 7) is 5.61. The molecule has 1 amide bonds. The Labute approximate surface area is 195 Å². The van der Waals surface area contributed by atoms with Gasteiger partial charge in [0.15, 0.2) is 5.76 Å². The fourth-order valence-electron chi connectivity index (χ4n) is 4.08. The molecule has 0 saturated carbocycles. The van der Waals surface area contributed by atoms with Crippen LogP contribution in [0.1, 0.15) is 38.4 Å². The number of furan rings is 2. The summed E-state index contributed by atoms with van der Waals surface area (Å²) in [5, 5.41) is 4.32. The number of halogens is 1. The molecule has 0 spiro atoms. The van der Waals surface area contributed by atoms with Crippen molar-refractivity contribution in [3.63, 3.8) is 0 Å². The maximum absolute atomic E-state index is 14.1. The quantitative estimate of drug-likeness (QED) is 0.301. The Morgan fingerprint density at radius 3 is 2.50 bits per heavy atom. The average Bonchev–Trinajstić information content (AvgIpc) is 3.39. The Hall–Kier alpha value is -4.19. The Kier molecular flexibility index (Phi) is 5.28. The molecule has 3 aromatic carbocycles. The second-order valence-corrected chi connectivity index (χ2v) is 8.47. The van der Waals surface area contributed by atoms with E-state index < -0.39 is 11.6 Å². The molecule has 1 N–H and O–H groups in total. The van der Waals surface area contributed by atoms with Gasteiger partial charge in [0.1, 0.15) is 17.0 Å². The number of carbonyl (C=O) groups is 2. The van der Waals surface area contributed by atoms with E-state index in [0.29, 0.717) is 16.5 Å². The van der Waals surface area contributed by atoms with Crippen molar-refractivity contribution in [3.8, 4) is 0 Å². The molecule has 0 saturated heterocycles. The first kappa shape index (κ1) is 21.6. The molecule has 0 fully saturated rings. The molecule has 0 aliphatic carbocycles. The third-order valence-corrected chi connectivity index (χ3v) is 6.19. The largest absolute Gasteiger partial charge is 0.464 e. The Morgan fingerprint density at radius 2 is 1.71 bits per heavy atom. The lowest BCUT2D eigenvalue weighted by atomic mass is 10.0. The maximum atomic E-state index is 14.1. The molecule has 0 bridgehead atoms. The molecule has 5 aromatic rings. The van der Waals surface area contributed by atoms with Gasteiger partial charge in [-0.25, -0.2) is 4.39 Å². The van der Waals surface area contributed by atoms with E-state index in [4.69, 9.17) is 8.83 Å². The van der Waals surface area contributed by atoms with E-state index in [-0.39, 0.29) is 29.3 Å². The molecule has 0 aliphatic rings. The number of amides is 1. The Balaban J connectivity index is 1.50. The molecule has 0 atom stereocenters. The number of hydrogen-bond donors (Lipinski definition) is 1. The smallest absolute Gasteiger partial charge is 0.230 e. The van der Waals surface area contributed by atoms with Gasteiger partial charge in [-0.1, -0.05) is 36.4 Å². The highest BCUT2D eigenvalue weighted by molar-refractivity contribution is 6.17. The van der Waals surface area contributed by atoms with Gasteiger partial charge in [0.2, 0.25) is 11.7 Å². The van der Waals surface area contributed by atoms with Crippen molar-refractivity contribution < 1.29 is 22.8 Å². The summed E-state index contributed by atoms with van der Waals surface area (Å²) in [6, 6.07) is 15.2. The minimum Gasteiger partial charge on any atom is -0.464 e. The zero-order valence-corrected chi connectivity index (χ0v) is 19.0. The SMILES string of the molecule is Cc1ccc(C(=O)c2oc3ccccc3c2NC(=O)Cc2coc3c(C)c(C)ccc23)cc1F. The summed E-state index contributed by atoms with van der Waals surface area (Å²) in [5.41, 5.74) is 4.95. The van der Waals surface area contributed by atoms with E-state index in [9.17, 15) is 14.0 Å². The number of anilines is 1. The topological polar surface area (TPSA) is 72.5 Å². The van der Waals surface area contributed by atoms with Crippen LogP contribution in [0.15, 0.2) is 69.7 Å². The van der Waals surface area contributed by atoms with Crippen LogP contribution in [-0.2, 0) is 11.2 Å². The average molecular weight is 455 g/mol. The second-order valence-electron chi connectivity index (χ2n) is 8.47. The van der Waals surface area contributed by atoms with Crippen molar-refractivity contribution in [2.24, 2.45) is 0 Å². The molecule has 5 nitrogen and oxygen atoms in total. The van der Waals surface area contributed by atoms with Gasteiger partial charge in [0.25, 0.3) is 0 Å². The van der Waals surface area contributed by atoms with Crippen LogP contribution >= 0.6 is 0 Å². The van der Waals surface area contributed by atoms with E-state index in [0.717, 1.165) is 27.7 Å². The van der Waals surface area contributed by atoms with Crippen molar-refractivity contribution >= 4 is 39.3 Å². The summed E-state index contributed by atoms with van der Waals surface area (Å²) in [4.78, 5) is 26.3. The zero-order valence-electron chi connectivity index (χ0n) is 19.0. The maximum Gasteiger partial charge on any atom is 0.230 e. The molecule has 2 aromatic heterocycles. The molecule has 0 unspecified atom stereocenters. The highest BCUT2D eigenvalue weighted by Crippen LogP contribution is 2.33. The minimum atomic E-state index is -0.509. The van der Waals surface area contributed by atoms with Crippen LogP contribution < -0.4 is 5.32 Å². The van der Waals surface area contributed by atoms with E-state index in [1.807, 2.05) is 26.0 Å². The highest BCUT2D eigenvalue weighted by Gasteiger charge is 2.24. The molecule has 6 heteroatoms. The summed E-state index contributed by atoms with van der Waals surface area (Å²) >= 11 is 0. The number of benzene rings is 3. The number of ketones is 1. The monoisotopic (exact) mass is 455 g/mol. The molecule has 0 aliphatic heterocycles. The molecular weight excluding hydrogens is 433 g/mol. The predicted molar refractivity (Wildman–Crippen MR) is 129 cm³/mol. The van der Waals surface area contributed by atoms with Crippen LogP contribution in [-0.4, -0.2) is 11.7 Å². The molecule has 170 valence electrons. The van der Waals surface area contributed by atoms with Crippen molar-refractivity contribution in [1.82, 2.24) is 0 Å². The standard InChI is InChI=1S/C28H22FNO4/c1-15-9-11-20-19(14-33-27(20)17(15)3)13-24(31)30-25-21-6-4-5-7-23(21)34-28(25)26(32)18-10-8-16(2)22(29)12-18/h4-12,14H,13H2,1-3H3,(H,30,31). The minimum absolute atomic E-state index is 0.0404. The van der Waals surface area contributed by atoms with Gasteiger partial charge < -0.3 is 14.2 Å². The first-order valence-electron chi connectivity index (χ1n) is 10.9. The van der Waals surface area contributed by atoms with Crippen molar-refractivity contribution in [2.45, 2.75) is 27.2 Å². The lowest BCUT2D eigenvalue weighted by Gasteiger charge is -2.07. The van der Waals surface area contributed by atoms with Crippen LogP contribution in [0.5, 0.6) is 0 Å². The van der Waals surface area contributed by atoms with Gasteiger partial charge in [0, 0.05) is 21.9 Å². The first-order valence-corrected chi connectivity index (χ1v) is 10.9. The van der Waals surface area contributed by atoms with E-state index >= 15 is 0 Å². The summed E-state index contributed by atoms with van der Waals surface area (Å²) < 4.78 is 25.6. The predicted octanol–water partition coefficient (Wildman–Crippen LogP) is 6.66. The summed E-state index contributed by atoms with van der Waals surface area (Å²) in [6.07, 6.45) is 1.65. The van der Waals surface area contributed by atoms with Gasteiger partial charge >= 0.3 is 0 Å². The van der Waals surface area contributed by atoms with E-state index in [1.165, 1.54) is 12.1 Å². The first-order chi connectivity index (χ1) is 16.3. The number of carbonyl (C=O) groups excluding carboxylic acids is 2. The van der Waals surface area contributed by atoms with Gasteiger partial charge in [0.05, 0.1) is 18.4 Å². The van der Waals surface area contributed by atoms with Crippen molar-refractivity contribution in [2.75, 3.05) is 5.32 Å².